The summed E-state index contributed by atoms with van der Waals surface area (Å²) in [5, 5.41) is 0. The first-order valence-electron chi connectivity index (χ1n) is 4.92. The maximum atomic E-state index is 10.5. The van der Waals surface area contributed by atoms with Crippen molar-refractivity contribution in [1.29, 1.82) is 0 Å². The molecule has 0 aromatic carbocycles. The predicted molar refractivity (Wildman–Crippen MR) is 61.1 cm³/mol. The molecular formula is C12H17NO2. The van der Waals surface area contributed by atoms with Gasteiger partial charge in [0.25, 0.3) is 0 Å². The van der Waals surface area contributed by atoms with Crippen molar-refractivity contribution in [3.63, 3.8) is 0 Å². The number of allylic oxidation sites excluding steroid dienone is 5. The smallest absolute Gasteiger partial charge is 0.241 e. The molecule has 82 valence electrons. The van der Waals surface area contributed by atoms with E-state index in [2.05, 4.69) is 0 Å². The predicted octanol–water partition coefficient (Wildman–Crippen LogP) is 1.90. The Labute approximate surface area is 90.3 Å². The summed E-state index contributed by atoms with van der Waals surface area (Å²) < 4.78 is 0. The lowest BCUT2D eigenvalue weighted by atomic mass is 10.2. The normalized spacial score (nSPS) is 11.8. The number of hydrogen-bond donors (Lipinski definition) is 1. The Morgan fingerprint density at radius 1 is 1.07 bits per heavy atom. The molecule has 0 aromatic rings. The average Bonchev–Trinajstić information content (AvgIpc) is 2.14. The molecule has 0 heterocycles. The van der Waals surface area contributed by atoms with Crippen LogP contribution >= 0.6 is 0 Å². The zero-order valence-corrected chi connectivity index (χ0v) is 8.98. The highest BCUT2D eigenvalue weighted by Gasteiger charge is 1.83. The second-order valence-electron chi connectivity index (χ2n) is 3.13. The van der Waals surface area contributed by atoms with Crippen LogP contribution < -0.4 is 5.73 Å². The van der Waals surface area contributed by atoms with Crippen LogP contribution in [-0.2, 0) is 9.59 Å². The van der Waals surface area contributed by atoms with Crippen molar-refractivity contribution in [3.8, 4) is 0 Å². The van der Waals surface area contributed by atoms with Crippen LogP contribution in [0, 0.1) is 0 Å². The Balaban J connectivity index is 3.46. The monoisotopic (exact) mass is 207 g/mol. The SMILES string of the molecule is CC(=O)C=CC=CCCCC=CC(N)=O. The van der Waals surface area contributed by atoms with E-state index >= 15 is 0 Å². The highest BCUT2D eigenvalue weighted by atomic mass is 16.1. The van der Waals surface area contributed by atoms with Crippen LogP contribution in [0.1, 0.15) is 26.2 Å². The Morgan fingerprint density at radius 2 is 1.73 bits per heavy atom. The zero-order valence-electron chi connectivity index (χ0n) is 8.98. The number of unbranched alkanes of at least 4 members (excludes halogenated alkanes) is 2. The minimum atomic E-state index is -0.407. The molecule has 0 radical (unpaired) electrons. The van der Waals surface area contributed by atoms with Gasteiger partial charge in [0, 0.05) is 0 Å². The fourth-order valence-corrected chi connectivity index (χ4v) is 0.919. The standard InChI is InChI=1S/C12H17NO2/c1-11(14)9-7-5-3-2-4-6-8-10-12(13)15/h3,5,7-10H,2,4,6H2,1H3,(H2,13,15). The summed E-state index contributed by atoms with van der Waals surface area (Å²) in [6.07, 6.45) is 12.9. The molecule has 0 atom stereocenters. The first-order chi connectivity index (χ1) is 7.13. The van der Waals surface area contributed by atoms with Gasteiger partial charge in [-0.3, -0.25) is 9.59 Å². The molecule has 2 N–H and O–H groups in total. The van der Waals surface area contributed by atoms with E-state index < -0.39 is 5.91 Å². The first kappa shape index (κ1) is 13.4. The van der Waals surface area contributed by atoms with Crippen LogP contribution in [0.4, 0.5) is 0 Å². The third-order valence-electron chi connectivity index (χ3n) is 1.60. The van der Waals surface area contributed by atoms with E-state index in [1.54, 1.807) is 12.2 Å². The van der Waals surface area contributed by atoms with E-state index in [4.69, 9.17) is 5.73 Å². The topological polar surface area (TPSA) is 60.2 Å². The number of hydrogen-bond acceptors (Lipinski definition) is 2. The number of amides is 1. The van der Waals surface area contributed by atoms with Gasteiger partial charge in [-0.2, -0.15) is 0 Å². The van der Waals surface area contributed by atoms with Gasteiger partial charge in [-0.1, -0.05) is 24.3 Å². The molecule has 0 rings (SSSR count). The average molecular weight is 207 g/mol. The molecule has 15 heavy (non-hydrogen) atoms. The number of carbonyl (C=O) groups is 2. The van der Waals surface area contributed by atoms with E-state index in [1.165, 1.54) is 19.1 Å². The van der Waals surface area contributed by atoms with Crippen molar-refractivity contribution in [1.82, 2.24) is 0 Å². The van der Waals surface area contributed by atoms with E-state index in [0.29, 0.717) is 0 Å². The van der Waals surface area contributed by atoms with Gasteiger partial charge in [0.2, 0.25) is 5.91 Å². The summed E-state index contributed by atoms with van der Waals surface area (Å²) in [4.78, 5) is 20.8. The number of carbonyl (C=O) groups excluding carboxylic acids is 2. The van der Waals surface area contributed by atoms with Crippen molar-refractivity contribution in [2.75, 3.05) is 0 Å². The Kier molecular flexibility index (Phi) is 7.96. The summed E-state index contributed by atoms with van der Waals surface area (Å²) in [6, 6.07) is 0. The van der Waals surface area contributed by atoms with Crippen LogP contribution in [0.5, 0.6) is 0 Å². The number of nitrogens with two attached hydrogens (primary N) is 1. The van der Waals surface area contributed by atoms with Crippen LogP contribution in [0.15, 0.2) is 36.5 Å². The molecule has 0 aromatic heterocycles. The van der Waals surface area contributed by atoms with Crippen molar-refractivity contribution in [2.24, 2.45) is 5.73 Å². The van der Waals surface area contributed by atoms with Crippen LogP contribution in [0.2, 0.25) is 0 Å². The first-order valence-corrected chi connectivity index (χ1v) is 4.92. The maximum Gasteiger partial charge on any atom is 0.241 e. The van der Waals surface area contributed by atoms with E-state index in [1.807, 2.05) is 12.2 Å². The second-order valence-corrected chi connectivity index (χ2v) is 3.13. The van der Waals surface area contributed by atoms with Gasteiger partial charge >= 0.3 is 0 Å². The molecule has 0 aliphatic rings. The molecule has 0 fully saturated rings. The molecule has 3 nitrogen and oxygen atoms in total. The number of rotatable bonds is 7. The highest BCUT2D eigenvalue weighted by Crippen LogP contribution is 1.97. The van der Waals surface area contributed by atoms with Crippen molar-refractivity contribution in [3.05, 3.63) is 36.5 Å². The van der Waals surface area contributed by atoms with Gasteiger partial charge in [0.15, 0.2) is 5.78 Å². The van der Waals surface area contributed by atoms with Crippen molar-refractivity contribution in [2.45, 2.75) is 26.2 Å². The molecule has 0 unspecified atom stereocenters. The summed E-state index contributed by atoms with van der Waals surface area (Å²) in [7, 11) is 0. The molecule has 1 amide bonds. The van der Waals surface area contributed by atoms with Gasteiger partial charge in [-0.15, -0.1) is 0 Å². The lowest BCUT2D eigenvalue weighted by Gasteiger charge is -1.88. The van der Waals surface area contributed by atoms with Gasteiger partial charge in [0.1, 0.15) is 0 Å². The van der Waals surface area contributed by atoms with Gasteiger partial charge in [-0.25, -0.2) is 0 Å². The molecule has 0 bridgehead atoms. The quantitative estimate of drug-likeness (QED) is 0.394. The molecule has 0 saturated heterocycles. The van der Waals surface area contributed by atoms with Crippen molar-refractivity contribution < 1.29 is 9.59 Å². The summed E-state index contributed by atoms with van der Waals surface area (Å²) >= 11 is 0. The lowest BCUT2D eigenvalue weighted by Crippen LogP contribution is -2.05. The zero-order chi connectivity index (χ0) is 11.5. The van der Waals surface area contributed by atoms with Gasteiger partial charge in [-0.05, 0) is 38.3 Å². The Morgan fingerprint density at radius 3 is 2.33 bits per heavy atom. The molecule has 0 saturated carbocycles. The third kappa shape index (κ3) is 12.4. The fourth-order valence-electron chi connectivity index (χ4n) is 0.919. The van der Waals surface area contributed by atoms with Crippen molar-refractivity contribution >= 4 is 11.7 Å². The number of ketones is 1. The van der Waals surface area contributed by atoms with Crippen LogP contribution in [-0.4, -0.2) is 11.7 Å². The largest absolute Gasteiger partial charge is 0.366 e. The van der Waals surface area contributed by atoms with E-state index in [-0.39, 0.29) is 5.78 Å². The Hall–Kier alpha value is -1.64. The summed E-state index contributed by atoms with van der Waals surface area (Å²) in [6.45, 7) is 1.51. The van der Waals surface area contributed by atoms with E-state index in [9.17, 15) is 9.59 Å². The molecule has 3 heteroatoms. The molecule has 0 aliphatic heterocycles. The third-order valence-corrected chi connectivity index (χ3v) is 1.60. The van der Waals surface area contributed by atoms with Crippen LogP contribution in [0.3, 0.4) is 0 Å². The number of primary amides is 1. The van der Waals surface area contributed by atoms with E-state index in [0.717, 1.165) is 19.3 Å². The molecule has 0 spiro atoms. The van der Waals surface area contributed by atoms with Gasteiger partial charge in [0.05, 0.1) is 0 Å². The maximum absolute atomic E-state index is 10.5. The lowest BCUT2D eigenvalue weighted by molar-refractivity contribution is -0.114. The minimum Gasteiger partial charge on any atom is -0.366 e. The summed E-state index contributed by atoms with van der Waals surface area (Å²) in [5.74, 6) is -0.362. The fraction of sp³-hybridized carbons (Fsp3) is 0.333. The van der Waals surface area contributed by atoms with Gasteiger partial charge < -0.3 is 5.73 Å². The second kappa shape index (κ2) is 8.94. The van der Waals surface area contributed by atoms with Crippen LogP contribution in [0.25, 0.3) is 0 Å². The summed E-state index contributed by atoms with van der Waals surface area (Å²) in [5.41, 5.74) is 4.92. The highest BCUT2D eigenvalue weighted by molar-refractivity contribution is 5.87. The minimum absolute atomic E-state index is 0.0454. The Bertz CT molecular complexity index is 288. The molecular weight excluding hydrogens is 190 g/mol. The molecule has 0 aliphatic carbocycles.